The molecule has 2 heteroatoms. The van der Waals surface area contributed by atoms with E-state index in [1.807, 2.05) is 12.1 Å². The molecule has 0 aliphatic heterocycles. The SMILES string of the molecule is c1ccc(-c2ccc(-c3ccc4ccccc4c3)cc2N(c2ccc(-c3cc4ccccc4c4ccccc34)cc2)c2ccc(-c3cccc4c3oc3ccccc34)cc2)cc1. The van der Waals surface area contributed by atoms with Crippen LogP contribution in [0.25, 0.3) is 98.8 Å². The molecular weight excluding hydrogens is 751 g/mol. The maximum atomic E-state index is 6.49. The summed E-state index contributed by atoms with van der Waals surface area (Å²) in [7, 11) is 0. The Hall–Kier alpha value is -8.20. The second-order valence-electron chi connectivity index (χ2n) is 16.1. The van der Waals surface area contributed by atoms with E-state index in [2.05, 4.69) is 229 Å². The third kappa shape index (κ3) is 6.12. The number of furan rings is 1. The molecule has 1 aromatic heterocycles. The van der Waals surface area contributed by atoms with Crippen LogP contribution in [0.3, 0.4) is 0 Å². The molecule has 0 radical (unpaired) electrons. The Balaban J connectivity index is 1.04. The van der Waals surface area contributed by atoms with E-state index < -0.39 is 0 Å². The first-order valence-corrected chi connectivity index (χ1v) is 21.2. The smallest absolute Gasteiger partial charge is 0.143 e. The van der Waals surface area contributed by atoms with Gasteiger partial charge >= 0.3 is 0 Å². The number of hydrogen-bond acceptors (Lipinski definition) is 2. The molecule has 12 rings (SSSR count). The minimum atomic E-state index is 0.901. The molecular formula is C60H39NO. The fraction of sp³-hybridized carbons (Fsp3) is 0. The van der Waals surface area contributed by atoms with E-state index in [1.165, 1.54) is 49.0 Å². The van der Waals surface area contributed by atoms with Gasteiger partial charge in [0.25, 0.3) is 0 Å². The molecule has 0 spiro atoms. The summed E-state index contributed by atoms with van der Waals surface area (Å²) >= 11 is 0. The van der Waals surface area contributed by atoms with Crippen molar-refractivity contribution < 1.29 is 4.42 Å². The molecule has 1 heterocycles. The molecule has 2 nitrogen and oxygen atoms in total. The van der Waals surface area contributed by atoms with Gasteiger partial charge in [-0.05, 0) is 114 Å². The van der Waals surface area contributed by atoms with Gasteiger partial charge in [0, 0.05) is 33.3 Å². The Kier molecular flexibility index (Phi) is 8.53. The van der Waals surface area contributed by atoms with E-state index in [0.29, 0.717) is 0 Å². The lowest BCUT2D eigenvalue weighted by Gasteiger charge is -2.29. The summed E-state index contributed by atoms with van der Waals surface area (Å²) in [6.45, 7) is 0. The van der Waals surface area contributed by atoms with E-state index in [9.17, 15) is 0 Å². The third-order valence-electron chi connectivity index (χ3n) is 12.5. The number of benzene rings is 11. The van der Waals surface area contributed by atoms with Crippen LogP contribution >= 0.6 is 0 Å². The zero-order valence-electron chi connectivity index (χ0n) is 33.9. The minimum Gasteiger partial charge on any atom is -0.455 e. The molecule has 0 amide bonds. The highest BCUT2D eigenvalue weighted by molar-refractivity contribution is 6.14. The van der Waals surface area contributed by atoms with Gasteiger partial charge < -0.3 is 9.32 Å². The van der Waals surface area contributed by atoms with Crippen molar-refractivity contribution >= 4 is 71.3 Å². The standard InChI is InChI=1S/C60H39NO/c1-2-14-41(15-3-1)51-36-31-46(45-26-25-40-13-4-5-16-44(40)37-45)39-58(51)61(48-32-27-42(28-33-48)52-22-12-23-56-55-21-10-11-24-59(55)62-60(52)56)49-34-29-43(30-35-49)57-38-47-17-6-7-18-50(47)53-19-8-9-20-54(53)57/h1-39H. The van der Waals surface area contributed by atoms with Crippen molar-refractivity contribution in [2.45, 2.75) is 0 Å². The van der Waals surface area contributed by atoms with Crippen molar-refractivity contribution in [3.8, 4) is 44.5 Å². The van der Waals surface area contributed by atoms with Gasteiger partial charge in [0.2, 0.25) is 0 Å². The fourth-order valence-corrected chi connectivity index (χ4v) is 9.40. The summed E-state index contributed by atoms with van der Waals surface area (Å²) in [5, 5.41) is 9.74. The third-order valence-corrected chi connectivity index (χ3v) is 12.5. The van der Waals surface area contributed by atoms with Crippen molar-refractivity contribution in [3.05, 3.63) is 237 Å². The van der Waals surface area contributed by atoms with Gasteiger partial charge in [-0.1, -0.05) is 188 Å². The van der Waals surface area contributed by atoms with Crippen LogP contribution < -0.4 is 4.90 Å². The average molecular weight is 790 g/mol. The van der Waals surface area contributed by atoms with E-state index in [-0.39, 0.29) is 0 Å². The molecule has 0 saturated carbocycles. The van der Waals surface area contributed by atoms with Gasteiger partial charge in [-0.3, -0.25) is 0 Å². The second-order valence-corrected chi connectivity index (χ2v) is 16.1. The van der Waals surface area contributed by atoms with Crippen molar-refractivity contribution in [2.75, 3.05) is 4.90 Å². The number of hydrogen-bond donors (Lipinski definition) is 0. The predicted octanol–water partition coefficient (Wildman–Crippen LogP) is 17.2. The Morgan fingerprint density at radius 3 is 1.60 bits per heavy atom. The van der Waals surface area contributed by atoms with Crippen LogP contribution in [0, 0.1) is 0 Å². The molecule has 0 N–H and O–H groups in total. The number of fused-ring (bicyclic) bond motifs is 7. The molecule has 0 fully saturated rings. The predicted molar refractivity (Wildman–Crippen MR) is 263 cm³/mol. The first-order valence-electron chi connectivity index (χ1n) is 21.2. The Labute approximate surface area is 360 Å². The van der Waals surface area contributed by atoms with Crippen LogP contribution in [-0.2, 0) is 0 Å². The number of anilines is 3. The van der Waals surface area contributed by atoms with Crippen LogP contribution in [0.2, 0.25) is 0 Å². The highest BCUT2D eigenvalue weighted by Crippen LogP contribution is 2.45. The van der Waals surface area contributed by atoms with Crippen molar-refractivity contribution in [3.63, 3.8) is 0 Å². The second kappa shape index (κ2) is 14.8. The largest absolute Gasteiger partial charge is 0.455 e. The zero-order valence-corrected chi connectivity index (χ0v) is 33.9. The van der Waals surface area contributed by atoms with E-state index in [4.69, 9.17) is 4.42 Å². The van der Waals surface area contributed by atoms with Crippen LogP contribution in [0.4, 0.5) is 17.1 Å². The molecule has 0 unspecified atom stereocenters. The molecule has 0 atom stereocenters. The van der Waals surface area contributed by atoms with Crippen LogP contribution in [0.1, 0.15) is 0 Å². The molecule has 0 aliphatic rings. The van der Waals surface area contributed by atoms with Crippen molar-refractivity contribution in [1.29, 1.82) is 0 Å². The van der Waals surface area contributed by atoms with E-state index in [1.54, 1.807) is 0 Å². The van der Waals surface area contributed by atoms with Crippen LogP contribution in [0.15, 0.2) is 241 Å². The summed E-state index contributed by atoms with van der Waals surface area (Å²) in [5.41, 5.74) is 14.3. The first kappa shape index (κ1) is 35.7. The molecule has 290 valence electrons. The van der Waals surface area contributed by atoms with Gasteiger partial charge in [-0.2, -0.15) is 0 Å². The number of rotatable bonds is 7. The summed E-state index contributed by atoms with van der Waals surface area (Å²) in [6.07, 6.45) is 0. The molecule has 0 aliphatic carbocycles. The van der Waals surface area contributed by atoms with E-state index >= 15 is 0 Å². The van der Waals surface area contributed by atoms with E-state index in [0.717, 1.165) is 66.8 Å². The summed E-state index contributed by atoms with van der Waals surface area (Å²) in [5.74, 6) is 0. The summed E-state index contributed by atoms with van der Waals surface area (Å²) < 4.78 is 6.49. The van der Waals surface area contributed by atoms with Gasteiger partial charge in [0.1, 0.15) is 11.2 Å². The van der Waals surface area contributed by atoms with Crippen LogP contribution in [0.5, 0.6) is 0 Å². The highest BCUT2D eigenvalue weighted by Gasteiger charge is 2.20. The monoisotopic (exact) mass is 789 g/mol. The number of nitrogens with zero attached hydrogens (tertiary/aromatic N) is 1. The molecule has 12 aromatic rings. The van der Waals surface area contributed by atoms with Gasteiger partial charge in [-0.25, -0.2) is 0 Å². The Bertz CT molecular complexity index is 3620. The minimum absolute atomic E-state index is 0.901. The van der Waals surface area contributed by atoms with Crippen molar-refractivity contribution in [2.24, 2.45) is 0 Å². The summed E-state index contributed by atoms with van der Waals surface area (Å²) in [6, 6.07) is 85.6. The average Bonchev–Trinajstić information content (AvgIpc) is 3.74. The highest BCUT2D eigenvalue weighted by atomic mass is 16.3. The summed E-state index contributed by atoms with van der Waals surface area (Å²) in [4.78, 5) is 2.42. The molecule has 62 heavy (non-hydrogen) atoms. The Morgan fingerprint density at radius 1 is 0.274 bits per heavy atom. The normalized spacial score (nSPS) is 11.5. The lowest BCUT2D eigenvalue weighted by molar-refractivity contribution is 0.670. The maximum Gasteiger partial charge on any atom is 0.143 e. The molecule has 0 saturated heterocycles. The maximum absolute atomic E-state index is 6.49. The first-order chi connectivity index (χ1) is 30.7. The fourth-order valence-electron chi connectivity index (χ4n) is 9.40. The number of para-hydroxylation sites is 2. The van der Waals surface area contributed by atoms with Crippen molar-refractivity contribution in [1.82, 2.24) is 0 Å². The van der Waals surface area contributed by atoms with Gasteiger partial charge in [0.05, 0.1) is 5.69 Å². The van der Waals surface area contributed by atoms with Gasteiger partial charge in [-0.15, -0.1) is 0 Å². The van der Waals surface area contributed by atoms with Crippen LogP contribution in [-0.4, -0.2) is 0 Å². The lowest BCUT2D eigenvalue weighted by atomic mass is 9.93. The topological polar surface area (TPSA) is 16.4 Å². The molecule has 0 bridgehead atoms. The molecule has 11 aromatic carbocycles. The quantitative estimate of drug-likeness (QED) is 0.150. The van der Waals surface area contributed by atoms with Gasteiger partial charge in [0.15, 0.2) is 0 Å². The lowest BCUT2D eigenvalue weighted by Crippen LogP contribution is -2.11. The Morgan fingerprint density at radius 2 is 0.823 bits per heavy atom. The zero-order chi connectivity index (χ0) is 41.0.